The molecule has 0 heterocycles. The van der Waals surface area contributed by atoms with Crippen LogP contribution in [0.5, 0.6) is 0 Å². The molecule has 1 unspecified atom stereocenters. The van der Waals surface area contributed by atoms with E-state index in [2.05, 4.69) is 63.2 Å². The summed E-state index contributed by atoms with van der Waals surface area (Å²) in [5, 5.41) is -0.0522. The lowest BCUT2D eigenvalue weighted by atomic mass is 9.85. The van der Waals surface area contributed by atoms with Crippen LogP contribution < -0.4 is 0 Å². The van der Waals surface area contributed by atoms with E-state index in [-0.39, 0.29) is 5.38 Å². The summed E-state index contributed by atoms with van der Waals surface area (Å²) in [5.74, 6) is 0. The Morgan fingerprint density at radius 3 is 1.88 bits per heavy atom. The van der Waals surface area contributed by atoms with Gasteiger partial charge in [0.2, 0.25) is 0 Å². The highest BCUT2D eigenvalue weighted by atomic mass is 35.5. The van der Waals surface area contributed by atoms with Crippen LogP contribution in [0.4, 0.5) is 0 Å². The van der Waals surface area contributed by atoms with E-state index in [1.165, 1.54) is 68.1 Å². The predicted octanol–water partition coefficient (Wildman–Crippen LogP) is 8.04. The molecule has 0 aliphatic rings. The van der Waals surface area contributed by atoms with Crippen LogP contribution in [0.3, 0.4) is 0 Å². The third kappa shape index (κ3) is 5.61. The van der Waals surface area contributed by atoms with Crippen molar-refractivity contribution in [1.82, 2.24) is 0 Å². The summed E-state index contributed by atoms with van der Waals surface area (Å²) < 4.78 is 0. The number of unbranched alkanes of at least 4 members (excludes halogenated alkanes) is 3. The molecule has 0 saturated carbocycles. The van der Waals surface area contributed by atoms with E-state index in [0.717, 1.165) is 6.42 Å². The molecule has 0 aliphatic carbocycles. The molecule has 142 valence electrons. The Kier molecular flexibility index (Phi) is 9.26. The highest BCUT2D eigenvalue weighted by Gasteiger charge is 2.19. The molecular weight excluding hydrogens is 336 g/mol. The quantitative estimate of drug-likeness (QED) is 0.351. The summed E-state index contributed by atoms with van der Waals surface area (Å²) in [6, 6.07) is 15.2. The number of benzene rings is 2. The molecule has 1 atom stereocenters. The average Bonchev–Trinajstić information content (AvgIpc) is 2.69. The third-order valence-corrected chi connectivity index (χ3v) is 5.78. The largest absolute Gasteiger partial charge is 0.113 e. The molecule has 26 heavy (non-hydrogen) atoms. The van der Waals surface area contributed by atoms with Crippen LogP contribution in [0.1, 0.15) is 92.5 Å². The maximum absolute atomic E-state index is 6.98. The van der Waals surface area contributed by atoms with Gasteiger partial charge in [0.05, 0.1) is 5.38 Å². The standard InChI is InChI=1S/C25H35Cl/c1-4-7-13-20-18-19-24(25(26)21-14-11-10-12-15-21)23(17-9-6-3)22(20)16-8-5-2/h10-12,14-15,18-19,25H,4-9,13,16-17H2,1-3H3. The molecular formula is C25H35Cl. The maximum Gasteiger partial charge on any atom is 0.0838 e. The van der Waals surface area contributed by atoms with Gasteiger partial charge in [0.15, 0.2) is 0 Å². The maximum atomic E-state index is 6.98. The van der Waals surface area contributed by atoms with E-state index in [0.29, 0.717) is 0 Å². The van der Waals surface area contributed by atoms with Crippen molar-refractivity contribution in [2.45, 2.75) is 83.9 Å². The molecule has 2 aromatic carbocycles. The zero-order valence-corrected chi connectivity index (χ0v) is 17.6. The van der Waals surface area contributed by atoms with Gasteiger partial charge in [-0.2, -0.15) is 0 Å². The highest BCUT2D eigenvalue weighted by molar-refractivity contribution is 6.22. The summed E-state index contributed by atoms with van der Waals surface area (Å²) in [6.45, 7) is 6.85. The smallest absolute Gasteiger partial charge is 0.0838 e. The normalized spacial score (nSPS) is 12.3. The van der Waals surface area contributed by atoms with Crippen molar-refractivity contribution in [2.75, 3.05) is 0 Å². The fourth-order valence-corrected chi connectivity index (χ4v) is 4.06. The number of rotatable bonds is 11. The van der Waals surface area contributed by atoms with E-state index in [1.54, 1.807) is 11.1 Å². The van der Waals surface area contributed by atoms with Gasteiger partial charge in [-0.05, 0) is 66.3 Å². The van der Waals surface area contributed by atoms with Crippen molar-refractivity contribution < 1.29 is 0 Å². The Balaban J connectivity index is 2.48. The molecule has 0 spiro atoms. The molecule has 0 aromatic heterocycles. The molecule has 0 saturated heterocycles. The lowest BCUT2D eigenvalue weighted by Crippen LogP contribution is -2.08. The minimum atomic E-state index is -0.0522. The molecule has 0 amide bonds. The van der Waals surface area contributed by atoms with Crippen molar-refractivity contribution in [3.05, 3.63) is 70.3 Å². The minimum absolute atomic E-state index is 0.0522. The Morgan fingerprint density at radius 1 is 0.692 bits per heavy atom. The minimum Gasteiger partial charge on any atom is -0.113 e. The predicted molar refractivity (Wildman–Crippen MR) is 116 cm³/mol. The molecule has 1 heteroatoms. The third-order valence-electron chi connectivity index (χ3n) is 5.29. The zero-order chi connectivity index (χ0) is 18.8. The second kappa shape index (κ2) is 11.4. The first-order valence-electron chi connectivity index (χ1n) is 10.5. The molecule has 2 rings (SSSR count). The number of hydrogen-bond donors (Lipinski definition) is 0. The molecule has 0 fully saturated rings. The number of halogens is 1. The summed E-state index contributed by atoms with van der Waals surface area (Å²) in [5.41, 5.74) is 7.24. The molecule has 2 aromatic rings. The first-order valence-corrected chi connectivity index (χ1v) is 11.0. The van der Waals surface area contributed by atoms with Crippen LogP contribution >= 0.6 is 11.6 Å². The van der Waals surface area contributed by atoms with Gasteiger partial charge < -0.3 is 0 Å². The lowest BCUT2D eigenvalue weighted by Gasteiger charge is -2.22. The van der Waals surface area contributed by atoms with E-state index >= 15 is 0 Å². The van der Waals surface area contributed by atoms with Crippen molar-refractivity contribution in [2.24, 2.45) is 0 Å². The van der Waals surface area contributed by atoms with Gasteiger partial charge in [0.25, 0.3) is 0 Å². The van der Waals surface area contributed by atoms with Crippen LogP contribution in [0.15, 0.2) is 42.5 Å². The Bertz CT molecular complexity index is 645. The summed E-state index contributed by atoms with van der Waals surface area (Å²) in [4.78, 5) is 0. The number of hydrogen-bond acceptors (Lipinski definition) is 0. The van der Waals surface area contributed by atoms with Gasteiger partial charge >= 0.3 is 0 Å². The zero-order valence-electron chi connectivity index (χ0n) is 16.9. The van der Waals surface area contributed by atoms with E-state index in [9.17, 15) is 0 Å². The van der Waals surface area contributed by atoms with Gasteiger partial charge in [-0.1, -0.05) is 82.5 Å². The number of alkyl halides is 1. The monoisotopic (exact) mass is 370 g/mol. The lowest BCUT2D eigenvalue weighted by molar-refractivity contribution is 0.729. The Hall–Kier alpha value is -1.27. The fraction of sp³-hybridized carbons (Fsp3) is 0.520. The first-order chi connectivity index (χ1) is 12.7. The van der Waals surface area contributed by atoms with E-state index in [1.807, 2.05) is 0 Å². The van der Waals surface area contributed by atoms with Gasteiger partial charge in [-0.15, -0.1) is 11.6 Å². The summed E-state index contributed by atoms with van der Waals surface area (Å²) in [7, 11) is 0. The van der Waals surface area contributed by atoms with Crippen LogP contribution in [-0.4, -0.2) is 0 Å². The van der Waals surface area contributed by atoms with Crippen LogP contribution in [0.25, 0.3) is 0 Å². The van der Waals surface area contributed by atoms with Crippen molar-refractivity contribution in [1.29, 1.82) is 0 Å². The van der Waals surface area contributed by atoms with Crippen LogP contribution in [0.2, 0.25) is 0 Å². The van der Waals surface area contributed by atoms with Crippen molar-refractivity contribution in [3.63, 3.8) is 0 Å². The van der Waals surface area contributed by atoms with Gasteiger partial charge in [0, 0.05) is 0 Å². The fourth-order valence-electron chi connectivity index (χ4n) is 3.71. The first kappa shape index (κ1) is 21.0. The highest BCUT2D eigenvalue weighted by Crippen LogP contribution is 2.35. The van der Waals surface area contributed by atoms with Gasteiger partial charge in [-0.25, -0.2) is 0 Å². The second-order valence-electron chi connectivity index (χ2n) is 7.35. The van der Waals surface area contributed by atoms with Crippen LogP contribution in [-0.2, 0) is 19.3 Å². The second-order valence-corrected chi connectivity index (χ2v) is 7.79. The molecule has 0 radical (unpaired) electrons. The van der Waals surface area contributed by atoms with Gasteiger partial charge in [-0.3, -0.25) is 0 Å². The van der Waals surface area contributed by atoms with Crippen molar-refractivity contribution >= 4 is 11.6 Å². The number of aryl methyl sites for hydroxylation is 1. The molecule has 0 bridgehead atoms. The Morgan fingerprint density at radius 2 is 1.27 bits per heavy atom. The summed E-state index contributed by atoms with van der Waals surface area (Å²) in [6.07, 6.45) is 11.0. The average molecular weight is 371 g/mol. The summed E-state index contributed by atoms with van der Waals surface area (Å²) >= 11 is 6.98. The van der Waals surface area contributed by atoms with E-state index < -0.39 is 0 Å². The topological polar surface area (TPSA) is 0 Å². The van der Waals surface area contributed by atoms with E-state index in [4.69, 9.17) is 11.6 Å². The Labute approximate surface area is 166 Å². The SMILES string of the molecule is CCCCc1ccc(C(Cl)c2ccccc2)c(CCCC)c1CCCC. The van der Waals surface area contributed by atoms with Crippen LogP contribution in [0, 0.1) is 0 Å². The molecule has 0 nitrogen and oxygen atoms in total. The van der Waals surface area contributed by atoms with Crippen molar-refractivity contribution in [3.8, 4) is 0 Å². The molecule has 0 N–H and O–H groups in total. The van der Waals surface area contributed by atoms with Gasteiger partial charge in [0.1, 0.15) is 0 Å². The molecule has 0 aliphatic heterocycles.